The lowest BCUT2D eigenvalue weighted by atomic mass is 9.79. The van der Waals surface area contributed by atoms with Gasteiger partial charge in [0.1, 0.15) is 0 Å². The van der Waals surface area contributed by atoms with E-state index in [2.05, 4.69) is 26.9 Å². The third kappa shape index (κ3) is 2.89. The first kappa shape index (κ1) is 16.7. The highest BCUT2D eigenvalue weighted by atomic mass is 32.1. The van der Waals surface area contributed by atoms with E-state index in [-0.39, 0.29) is 11.4 Å². The van der Waals surface area contributed by atoms with E-state index in [0.717, 1.165) is 51.0 Å². The number of carbonyl (C=O) groups excluding carboxylic acids is 1. The van der Waals surface area contributed by atoms with Crippen molar-refractivity contribution in [1.29, 1.82) is 0 Å². The van der Waals surface area contributed by atoms with Crippen molar-refractivity contribution in [2.24, 2.45) is 0 Å². The first-order valence-corrected chi connectivity index (χ1v) is 9.89. The number of H-pyrrole nitrogens is 1. The number of hydrogen-bond acceptors (Lipinski definition) is 5. The van der Waals surface area contributed by atoms with Crippen LogP contribution in [-0.2, 0) is 23.2 Å². The number of fused-ring (bicyclic) bond motifs is 2. The predicted molar refractivity (Wildman–Crippen MR) is 97.6 cm³/mol. The number of amides is 1. The molecule has 2 aromatic heterocycles. The second kappa shape index (κ2) is 6.53. The van der Waals surface area contributed by atoms with E-state index in [1.807, 2.05) is 23.7 Å². The zero-order valence-electron chi connectivity index (χ0n) is 14.9. The molecule has 0 radical (unpaired) electrons. The SMILES string of the molecule is Cc1ncsc1CCC(=O)N1CCC2(CC1)c1nc[nH]c1CCN2C. The molecule has 1 fully saturated rings. The van der Waals surface area contributed by atoms with Crippen LogP contribution in [0.4, 0.5) is 0 Å². The maximum Gasteiger partial charge on any atom is 0.222 e. The Kier molecular flexibility index (Phi) is 4.37. The third-order valence-corrected chi connectivity index (χ3v) is 6.94. The van der Waals surface area contributed by atoms with Crippen LogP contribution in [0.1, 0.15) is 41.2 Å². The molecule has 25 heavy (non-hydrogen) atoms. The zero-order chi connectivity index (χ0) is 17.4. The van der Waals surface area contributed by atoms with E-state index in [0.29, 0.717) is 6.42 Å². The summed E-state index contributed by atoms with van der Waals surface area (Å²) in [5, 5.41) is 0. The summed E-state index contributed by atoms with van der Waals surface area (Å²) in [6.45, 7) is 4.70. The summed E-state index contributed by atoms with van der Waals surface area (Å²) in [6, 6.07) is 0. The van der Waals surface area contributed by atoms with Gasteiger partial charge in [0.15, 0.2) is 0 Å². The van der Waals surface area contributed by atoms with Crippen LogP contribution in [0.25, 0.3) is 0 Å². The van der Waals surface area contributed by atoms with Crippen LogP contribution in [0.2, 0.25) is 0 Å². The van der Waals surface area contributed by atoms with Crippen molar-refractivity contribution in [2.75, 3.05) is 26.7 Å². The van der Waals surface area contributed by atoms with E-state index in [1.165, 1.54) is 16.3 Å². The minimum atomic E-state index is -0.00137. The second-order valence-corrected chi connectivity index (χ2v) is 8.11. The Bertz CT molecular complexity index is 759. The van der Waals surface area contributed by atoms with Gasteiger partial charge in [0.25, 0.3) is 0 Å². The highest BCUT2D eigenvalue weighted by molar-refractivity contribution is 7.09. The number of likely N-dealkylation sites (N-methyl/N-ethyl adjacent to an activating group) is 1. The van der Waals surface area contributed by atoms with Gasteiger partial charge in [-0.3, -0.25) is 9.69 Å². The summed E-state index contributed by atoms with van der Waals surface area (Å²) in [5.74, 6) is 0.267. The lowest BCUT2D eigenvalue weighted by Gasteiger charge is -2.49. The number of hydrogen-bond donors (Lipinski definition) is 1. The van der Waals surface area contributed by atoms with Crippen molar-refractivity contribution < 1.29 is 4.79 Å². The molecule has 1 amide bonds. The van der Waals surface area contributed by atoms with Gasteiger partial charge in [-0.05, 0) is 33.2 Å². The van der Waals surface area contributed by atoms with E-state index >= 15 is 0 Å². The smallest absolute Gasteiger partial charge is 0.222 e. The number of piperidine rings is 1. The number of rotatable bonds is 3. The lowest BCUT2D eigenvalue weighted by molar-refractivity contribution is -0.134. The van der Waals surface area contributed by atoms with Crippen LogP contribution >= 0.6 is 11.3 Å². The topological polar surface area (TPSA) is 65.1 Å². The molecule has 0 unspecified atom stereocenters. The minimum absolute atomic E-state index is 0.00137. The third-order valence-electron chi connectivity index (χ3n) is 5.94. The monoisotopic (exact) mass is 359 g/mol. The van der Waals surface area contributed by atoms with Crippen molar-refractivity contribution in [1.82, 2.24) is 24.8 Å². The molecule has 6 nitrogen and oxygen atoms in total. The molecular formula is C18H25N5OS. The minimum Gasteiger partial charge on any atom is -0.348 e. The van der Waals surface area contributed by atoms with Crippen LogP contribution in [0.3, 0.4) is 0 Å². The number of aryl methyl sites for hydroxylation is 2. The van der Waals surface area contributed by atoms with Crippen molar-refractivity contribution in [3.63, 3.8) is 0 Å². The maximum absolute atomic E-state index is 12.6. The number of likely N-dealkylation sites (tertiary alicyclic amines) is 1. The summed E-state index contributed by atoms with van der Waals surface area (Å²) < 4.78 is 0. The molecule has 4 heterocycles. The molecule has 0 aliphatic carbocycles. The summed E-state index contributed by atoms with van der Waals surface area (Å²) in [6.07, 6.45) is 6.17. The molecule has 2 aliphatic heterocycles. The fraction of sp³-hybridized carbons (Fsp3) is 0.611. The molecule has 1 spiro atoms. The molecule has 4 rings (SSSR count). The largest absolute Gasteiger partial charge is 0.348 e. The fourth-order valence-corrected chi connectivity index (χ4v) is 5.06. The Morgan fingerprint density at radius 3 is 2.84 bits per heavy atom. The Hall–Kier alpha value is -1.73. The van der Waals surface area contributed by atoms with Crippen LogP contribution in [0.5, 0.6) is 0 Å². The molecule has 1 N–H and O–H groups in total. The van der Waals surface area contributed by atoms with Gasteiger partial charge in [0, 0.05) is 43.0 Å². The van der Waals surface area contributed by atoms with E-state index < -0.39 is 0 Å². The number of imidazole rings is 1. The van der Waals surface area contributed by atoms with Gasteiger partial charge in [-0.15, -0.1) is 11.3 Å². The first-order chi connectivity index (χ1) is 12.1. The Morgan fingerprint density at radius 1 is 1.32 bits per heavy atom. The number of nitrogens with zero attached hydrogens (tertiary/aromatic N) is 4. The quantitative estimate of drug-likeness (QED) is 0.912. The highest BCUT2D eigenvalue weighted by Crippen LogP contribution is 2.41. The van der Waals surface area contributed by atoms with Crippen LogP contribution in [0, 0.1) is 6.92 Å². The molecule has 0 saturated carbocycles. The molecule has 0 aromatic carbocycles. The van der Waals surface area contributed by atoms with Crippen LogP contribution in [-0.4, -0.2) is 57.3 Å². The molecule has 7 heteroatoms. The predicted octanol–water partition coefficient (Wildman–Crippen LogP) is 2.11. The van der Waals surface area contributed by atoms with Gasteiger partial charge in [0.05, 0.1) is 28.8 Å². The average Bonchev–Trinajstić information content (AvgIpc) is 3.26. The van der Waals surface area contributed by atoms with E-state index in [1.54, 1.807) is 11.3 Å². The average molecular weight is 359 g/mol. The van der Waals surface area contributed by atoms with Crippen LogP contribution < -0.4 is 0 Å². The number of aromatic nitrogens is 3. The maximum atomic E-state index is 12.6. The van der Waals surface area contributed by atoms with E-state index in [4.69, 9.17) is 0 Å². The van der Waals surface area contributed by atoms with Gasteiger partial charge >= 0.3 is 0 Å². The molecular weight excluding hydrogens is 334 g/mol. The molecule has 1 saturated heterocycles. The van der Waals surface area contributed by atoms with Crippen molar-refractivity contribution in [2.45, 2.75) is 44.6 Å². The number of nitrogens with one attached hydrogen (secondary N) is 1. The van der Waals surface area contributed by atoms with Crippen molar-refractivity contribution in [3.05, 3.63) is 33.8 Å². The van der Waals surface area contributed by atoms with Gasteiger partial charge in [-0.25, -0.2) is 9.97 Å². The van der Waals surface area contributed by atoms with Gasteiger partial charge in [0.2, 0.25) is 5.91 Å². The Balaban J connectivity index is 1.40. The first-order valence-electron chi connectivity index (χ1n) is 9.01. The van der Waals surface area contributed by atoms with Crippen molar-refractivity contribution >= 4 is 17.2 Å². The summed E-state index contributed by atoms with van der Waals surface area (Å²) in [4.78, 5) is 30.5. The summed E-state index contributed by atoms with van der Waals surface area (Å²) in [5.41, 5.74) is 5.40. The zero-order valence-corrected chi connectivity index (χ0v) is 15.7. The Labute approximate surface area is 152 Å². The number of carbonyl (C=O) groups is 1. The molecule has 2 aliphatic rings. The number of aromatic amines is 1. The summed E-state index contributed by atoms with van der Waals surface area (Å²) in [7, 11) is 2.20. The highest BCUT2D eigenvalue weighted by Gasteiger charge is 2.45. The van der Waals surface area contributed by atoms with Gasteiger partial charge < -0.3 is 9.88 Å². The fourth-order valence-electron chi connectivity index (χ4n) is 4.28. The van der Waals surface area contributed by atoms with Gasteiger partial charge in [-0.2, -0.15) is 0 Å². The van der Waals surface area contributed by atoms with E-state index in [9.17, 15) is 4.79 Å². The standard InChI is InChI=1S/C18H25N5OS/c1-13-15(25-12-21-13)3-4-16(24)23-9-6-18(7-10-23)17-14(19-11-20-17)5-8-22(18)2/h11-12H,3-10H2,1-2H3,(H,19,20). The molecule has 134 valence electrons. The molecule has 0 bridgehead atoms. The Morgan fingerprint density at radius 2 is 2.12 bits per heavy atom. The number of thiazole rings is 1. The summed E-state index contributed by atoms with van der Waals surface area (Å²) >= 11 is 1.65. The normalized spacial score (nSPS) is 20.0. The van der Waals surface area contributed by atoms with Gasteiger partial charge in [-0.1, -0.05) is 0 Å². The second-order valence-electron chi connectivity index (χ2n) is 7.17. The lowest BCUT2D eigenvalue weighted by Crippen LogP contribution is -2.55. The molecule has 2 aromatic rings. The van der Waals surface area contributed by atoms with Crippen molar-refractivity contribution in [3.8, 4) is 0 Å². The molecule has 0 atom stereocenters. The van der Waals surface area contributed by atoms with Crippen LogP contribution in [0.15, 0.2) is 11.8 Å².